The smallest absolute Gasteiger partial charge is 0.319 e. The number of carbonyl (C=O) groups excluding carboxylic acids is 2. The van der Waals surface area contributed by atoms with Crippen LogP contribution in [0.4, 0.5) is 4.79 Å². The van der Waals surface area contributed by atoms with Crippen LogP contribution in [0.5, 0.6) is 0 Å². The molecule has 0 spiro atoms. The molecule has 1 rings (SSSR count). The molecule has 1 N–H and O–H groups in total. The van der Waals surface area contributed by atoms with Gasteiger partial charge in [0.15, 0.2) is 0 Å². The second-order valence-electron chi connectivity index (χ2n) is 4.36. The van der Waals surface area contributed by atoms with E-state index in [0.29, 0.717) is 19.6 Å². The number of hydrogen-bond donors (Lipinski definition) is 1. The summed E-state index contributed by atoms with van der Waals surface area (Å²) in [5.41, 5.74) is 0. The first kappa shape index (κ1) is 13.8. The van der Waals surface area contributed by atoms with Gasteiger partial charge in [-0.2, -0.15) is 0 Å². The molecule has 0 aromatic rings. The van der Waals surface area contributed by atoms with Gasteiger partial charge in [0.05, 0.1) is 13.7 Å². The van der Waals surface area contributed by atoms with Gasteiger partial charge >= 0.3 is 12.0 Å². The van der Waals surface area contributed by atoms with Gasteiger partial charge in [0, 0.05) is 32.2 Å². The lowest BCUT2D eigenvalue weighted by Gasteiger charge is -2.27. The SMILES string of the molecule is COC(=O)CN(CCN1CCNC1=O)C(C)C. The maximum absolute atomic E-state index is 11.3. The number of esters is 1. The van der Waals surface area contributed by atoms with Crippen molar-refractivity contribution in [3.05, 3.63) is 0 Å². The molecule has 0 bridgehead atoms. The molecule has 6 nitrogen and oxygen atoms in total. The highest BCUT2D eigenvalue weighted by atomic mass is 16.5. The number of nitrogens with one attached hydrogen (secondary N) is 1. The van der Waals surface area contributed by atoms with Crippen LogP contribution in [-0.4, -0.2) is 67.7 Å². The summed E-state index contributed by atoms with van der Waals surface area (Å²) in [4.78, 5) is 26.3. The van der Waals surface area contributed by atoms with Crippen LogP contribution in [0.3, 0.4) is 0 Å². The molecule has 0 aliphatic carbocycles. The van der Waals surface area contributed by atoms with Gasteiger partial charge in [-0.3, -0.25) is 9.69 Å². The lowest BCUT2D eigenvalue weighted by atomic mass is 10.3. The third-order valence-corrected chi connectivity index (χ3v) is 2.89. The minimum atomic E-state index is -0.246. The number of carbonyl (C=O) groups is 2. The van der Waals surface area contributed by atoms with E-state index in [-0.39, 0.29) is 24.6 Å². The number of nitrogens with zero attached hydrogens (tertiary/aromatic N) is 2. The van der Waals surface area contributed by atoms with Gasteiger partial charge in [0.25, 0.3) is 0 Å². The molecule has 17 heavy (non-hydrogen) atoms. The van der Waals surface area contributed by atoms with Gasteiger partial charge in [-0.1, -0.05) is 0 Å². The Morgan fingerprint density at radius 2 is 2.29 bits per heavy atom. The Hall–Kier alpha value is -1.30. The van der Waals surface area contributed by atoms with Crippen molar-refractivity contribution in [1.29, 1.82) is 0 Å². The maximum Gasteiger partial charge on any atom is 0.319 e. The fourth-order valence-corrected chi connectivity index (χ4v) is 1.72. The molecular formula is C11H21N3O3. The number of methoxy groups -OCH3 is 1. The molecule has 0 saturated carbocycles. The molecule has 0 aromatic carbocycles. The summed E-state index contributed by atoms with van der Waals surface area (Å²) in [6.45, 7) is 7.07. The van der Waals surface area contributed by atoms with E-state index >= 15 is 0 Å². The third kappa shape index (κ3) is 4.22. The van der Waals surface area contributed by atoms with Gasteiger partial charge in [-0.05, 0) is 13.8 Å². The number of rotatable bonds is 6. The summed E-state index contributed by atoms with van der Waals surface area (Å²) >= 11 is 0. The van der Waals surface area contributed by atoms with Crippen molar-refractivity contribution in [2.24, 2.45) is 0 Å². The van der Waals surface area contributed by atoms with E-state index in [2.05, 4.69) is 10.1 Å². The number of urea groups is 1. The average molecular weight is 243 g/mol. The van der Waals surface area contributed by atoms with Crippen molar-refractivity contribution < 1.29 is 14.3 Å². The molecule has 1 aliphatic rings. The monoisotopic (exact) mass is 243 g/mol. The van der Waals surface area contributed by atoms with Crippen molar-refractivity contribution in [2.45, 2.75) is 19.9 Å². The van der Waals surface area contributed by atoms with E-state index in [1.807, 2.05) is 18.7 Å². The zero-order valence-corrected chi connectivity index (χ0v) is 10.7. The molecule has 0 aromatic heterocycles. The topological polar surface area (TPSA) is 61.9 Å². The molecule has 98 valence electrons. The Balaban J connectivity index is 2.38. The van der Waals surface area contributed by atoms with Crippen LogP contribution in [0.1, 0.15) is 13.8 Å². The summed E-state index contributed by atoms with van der Waals surface area (Å²) in [5.74, 6) is -0.246. The van der Waals surface area contributed by atoms with Crippen molar-refractivity contribution in [3.8, 4) is 0 Å². The molecular weight excluding hydrogens is 222 g/mol. The number of amides is 2. The molecule has 1 aliphatic heterocycles. The highest BCUT2D eigenvalue weighted by molar-refractivity contribution is 5.76. The summed E-state index contributed by atoms with van der Waals surface area (Å²) in [5, 5.41) is 2.75. The van der Waals surface area contributed by atoms with Gasteiger partial charge in [0.1, 0.15) is 0 Å². The highest BCUT2D eigenvalue weighted by Crippen LogP contribution is 2.02. The Kier molecular flexibility index (Phi) is 5.21. The average Bonchev–Trinajstić information content (AvgIpc) is 2.69. The Morgan fingerprint density at radius 3 is 2.76 bits per heavy atom. The van der Waals surface area contributed by atoms with Crippen molar-refractivity contribution in [3.63, 3.8) is 0 Å². The van der Waals surface area contributed by atoms with E-state index in [1.165, 1.54) is 7.11 Å². The number of hydrogen-bond acceptors (Lipinski definition) is 4. The van der Waals surface area contributed by atoms with Gasteiger partial charge in [-0.25, -0.2) is 4.79 Å². The van der Waals surface area contributed by atoms with Crippen LogP contribution in [0.15, 0.2) is 0 Å². The Bertz CT molecular complexity index is 281. The van der Waals surface area contributed by atoms with E-state index in [0.717, 1.165) is 6.54 Å². The maximum atomic E-state index is 11.3. The summed E-state index contributed by atoms with van der Waals surface area (Å²) in [6.07, 6.45) is 0. The standard InChI is InChI=1S/C11H21N3O3/c1-9(2)14(8-10(15)17-3)7-6-13-5-4-12-11(13)16/h9H,4-8H2,1-3H3,(H,12,16). The second-order valence-corrected chi connectivity index (χ2v) is 4.36. The van der Waals surface area contributed by atoms with Crippen molar-refractivity contribution in [1.82, 2.24) is 15.1 Å². The van der Waals surface area contributed by atoms with Gasteiger partial charge in [-0.15, -0.1) is 0 Å². The highest BCUT2D eigenvalue weighted by Gasteiger charge is 2.21. The van der Waals surface area contributed by atoms with E-state index < -0.39 is 0 Å². The summed E-state index contributed by atoms with van der Waals surface area (Å²) in [6, 6.07) is 0.228. The minimum Gasteiger partial charge on any atom is -0.468 e. The Morgan fingerprint density at radius 1 is 1.59 bits per heavy atom. The molecule has 0 radical (unpaired) electrons. The summed E-state index contributed by atoms with van der Waals surface area (Å²) < 4.78 is 4.65. The molecule has 1 fully saturated rings. The van der Waals surface area contributed by atoms with E-state index in [9.17, 15) is 9.59 Å². The molecule has 0 atom stereocenters. The Labute approximate surface area is 102 Å². The first-order valence-corrected chi connectivity index (χ1v) is 5.88. The lowest BCUT2D eigenvalue weighted by molar-refractivity contribution is -0.142. The first-order chi connectivity index (χ1) is 8.04. The zero-order chi connectivity index (χ0) is 12.8. The predicted octanol–water partition coefficient (Wildman–Crippen LogP) is -0.105. The van der Waals surface area contributed by atoms with Crippen LogP contribution in [-0.2, 0) is 9.53 Å². The quantitative estimate of drug-likeness (QED) is 0.661. The molecule has 2 amide bonds. The molecule has 1 heterocycles. The number of ether oxygens (including phenoxy) is 1. The van der Waals surface area contributed by atoms with E-state index in [4.69, 9.17) is 0 Å². The minimum absolute atomic E-state index is 0.0215. The van der Waals surface area contributed by atoms with Crippen LogP contribution in [0.25, 0.3) is 0 Å². The van der Waals surface area contributed by atoms with Crippen LogP contribution in [0, 0.1) is 0 Å². The lowest BCUT2D eigenvalue weighted by Crippen LogP contribution is -2.42. The van der Waals surface area contributed by atoms with Crippen molar-refractivity contribution in [2.75, 3.05) is 39.8 Å². The summed E-state index contributed by atoms with van der Waals surface area (Å²) in [7, 11) is 1.38. The van der Waals surface area contributed by atoms with Crippen LogP contribution in [0.2, 0.25) is 0 Å². The normalized spacial score (nSPS) is 15.6. The first-order valence-electron chi connectivity index (χ1n) is 5.88. The molecule has 6 heteroatoms. The van der Waals surface area contributed by atoms with Gasteiger partial charge < -0.3 is 15.0 Å². The largest absolute Gasteiger partial charge is 0.468 e. The zero-order valence-electron chi connectivity index (χ0n) is 10.7. The van der Waals surface area contributed by atoms with Gasteiger partial charge in [0.2, 0.25) is 0 Å². The van der Waals surface area contributed by atoms with Crippen LogP contribution < -0.4 is 5.32 Å². The van der Waals surface area contributed by atoms with E-state index in [1.54, 1.807) is 4.90 Å². The fraction of sp³-hybridized carbons (Fsp3) is 0.818. The molecule has 0 unspecified atom stereocenters. The van der Waals surface area contributed by atoms with Crippen LogP contribution >= 0.6 is 0 Å². The fourth-order valence-electron chi connectivity index (χ4n) is 1.72. The third-order valence-electron chi connectivity index (χ3n) is 2.89. The van der Waals surface area contributed by atoms with Crippen molar-refractivity contribution >= 4 is 12.0 Å². The predicted molar refractivity (Wildman–Crippen MR) is 63.7 cm³/mol. The molecule has 1 saturated heterocycles. The second kappa shape index (κ2) is 6.44.